The minimum absolute atomic E-state index is 0.606. The van der Waals surface area contributed by atoms with Crippen molar-refractivity contribution >= 4 is 5.82 Å². The first-order valence-electron chi connectivity index (χ1n) is 6.03. The molecule has 2 atom stereocenters. The van der Waals surface area contributed by atoms with E-state index < -0.39 is 11.7 Å². The lowest BCUT2D eigenvalue weighted by Gasteiger charge is -2.18. The SMILES string of the molecule is FC(F)(F)c1ccc(N2CC3CNCC3C2)nc1. The molecule has 6 heteroatoms. The normalized spacial score (nSPS) is 27.6. The van der Waals surface area contributed by atoms with Gasteiger partial charge in [0.1, 0.15) is 5.82 Å². The van der Waals surface area contributed by atoms with Crippen LogP contribution >= 0.6 is 0 Å². The first kappa shape index (κ1) is 11.8. The fourth-order valence-electron chi connectivity index (χ4n) is 2.78. The molecule has 2 fully saturated rings. The fourth-order valence-corrected chi connectivity index (χ4v) is 2.78. The number of hydrogen-bond acceptors (Lipinski definition) is 3. The van der Waals surface area contributed by atoms with Gasteiger partial charge in [-0.1, -0.05) is 0 Å². The molecular weight excluding hydrogens is 243 g/mol. The van der Waals surface area contributed by atoms with E-state index in [-0.39, 0.29) is 0 Å². The Morgan fingerprint density at radius 3 is 2.33 bits per heavy atom. The topological polar surface area (TPSA) is 28.2 Å². The predicted octanol–water partition coefficient (Wildman–Crippen LogP) is 1.76. The van der Waals surface area contributed by atoms with Crippen LogP contribution in [0.15, 0.2) is 18.3 Å². The van der Waals surface area contributed by atoms with Crippen molar-refractivity contribution in [2.24, 2.45) is 11.8 Å². The molecule has 3 rings (SSSR count). The first-order chi connectivity index (χ1) is 8.54. The molecule has 3 heterocycles. The van der Waals surface area contributed by atoms with Crippen LogP contribution in [0.5, 0.6) is 0 Å². The molecule has 3 nitrogen and oxygen atoms in total. The number of pyridine rings is 1. The maximum absolute atomic E-state index is 12.4. The zero-order valence-corrected chi connectivity index (χ0v) is 9.74. The van der Waals surface area contributed by atoms with Gasteiger partial charge in [0.2, 0.25) is 0 Å². The number of alkyl halides is 3. The number of fused-ring (bicyclic) bond motifs is 1. The lowest BCUT2D eigenvalue weighted by molar-refractivity contribution is -0.137. The Morgan fingerprint density at radius 2 is 1.83 bits per heavy atom. The second kappa shape index (κ2) is 4.12. The van der Waals surface area contributed by atoms with Crippen LogP contribution < -0.4 is 10.2 Å². The van der Waals surface area contributed by atoms with Crippen molar-refractivity contribution in [1.82, 2.24) is 10.3 Å². The Hall–Kier alpha value is -1.30. The van der Waals surface area contributed by atoms with Gasteiger partial charge in [-0.05, 0) is 24.0 Å². The van der Waals surface area contributed by atoms with Crippen LogP contribution in [-0.2, 0) is 6.18 Å². The Morgan fingerprint density at radius 1 is 1.17 bits per heavy atom. The molecule has 2 aliphatic heterocycles. The van der Waals surface area contributed by atoms with Crippen molar-refractivity contribution in [2.75, 3.05) is 31.1 Å². The van der Waals surface area contributed by atoms with E-state index in [1.165, 1.54) is 6.07 Å². The molecule has 0 aliphatic carbocycles. The number of anilines is 1. The van der Waals surface area contributed by atoms with Gasteiger partial charge >= 0.3 is 6.18 Å². The van der Waals surface area contributed by atoms with Crippen molar-refractivity contribution in [3.8, 4) is 0 Å². The molecule has 0 spiro atoms. The highest BCUT2D eigenvalue weighted by Gasteiger charge is 2.37. The monoisotopic (exact) mass is 257 g/mol. The Kier molecular flexibility index (Phi) is 2.69. The summed E-state index contributed by atoms with van der Waals surface area (Å²) < 4.78 is 37.3. The summed E-state index contributed by atoms with van der Waals surface area (Å²) in [4.78, 5) is 6.02. The van der Waals surface area contributed by atoms with E-state index in [4.69, 9.17) is 0 Å². The zero-order chi connectivity index (χ0) is 12.8. The summed E-state index contributed by atoms with van der Waals surface area (Å²) in [6, 6.07) is 2.58. The number of nitrogens with one attached hydrogen (secondary N) is 1. The third-order valence-electron chi connectivity index (χ3n) is 3.79. The summed E-state index contributed by atoms with van der Waals surface area (Å²) in [5.74, 6) is 1.86. The van der Waals surface area contributed by atoms with Crippen LogP contribution in [0.25, 0.3) is 0 Å². The maximum atomic E-state index is 12.4. The van der Waals surface area contributed by atoms with Gasteiger partial charge in [0.25, 0.3) is 0 Å². The minimum Gasteiger partial charge on any atom is -0.356 e. The van der Waals surface area contributed by atoms with Crippen LogP contribution in [0, 0.1) is 11.8 Å². The van der Waals surface area contributed by atoms with Crippen molar-refractivity contribution in [3.05, 3.63) is 23.9 Å². The molecule has 0 amide bonds. The molecule has 18 heavy (non-hydrogen) atoms. The van der Waals surface area contributed by atoms with Crippen molar-refractivity contribution < 1.29 is 13.2 Å². The van der Waals surface area contributed by atoms with E-state index in [1.807, 2.05) is 0 Å². The molecule has 2 saturated heterocycles. The molecule has 1 aromatic rings. The van der Waals surface area contributed by atoms with Crippen LogP contribution in [0.3, 0.4) is 0 Å². The van der Waals surface area contributed by atoms with E-state index >= 15 is 0 Å². The molecule has 0 radical (unpaired) electrons. The molecule has 0 aromatic carbocycles. The molecule has 98 valence electrons. The van der Waals surface area contributed by atoms with Crippen molar-refractivity contribution in [3.63, 3.8) is 0 Å². The van der Waals surface area contributed by atoms with Gasteiger partial charge in [0.05, 0.1) is 5.56 Å². The highest BCUT2D eigenvalue weighted by Crippen LogP contribution is 2.32. The van der Waals surface area contributed by atoms with E-state index in [9.17, 15) is 13.2 Å². The Balaban J connectivity index is 1.74. The quantitative estimate of drug-likeness (QED) is 0.831. The predicted molar refractivity (Wildman–Crippen MR) is 61.3 cm³/mol. The second-order valence-corrected chi connectivity index (χ2v) is 4.99. The van der Waals surface area contributed by atoms with Crippen LogP contribution in [-0.4, -0.2) is 31.2 Å². The zero-order valence-electron chi connectivity index (χ0n) is 9.74. The van der Waals surface area contributed by atoms with Gasteiger partial charge in [-0.15, -0.1) is 0 Å². The molecule has 2 unspecified atom stereocenters. The van der Waals surface area contributed by atoms with Gasteiger partial charge in [-0.3, -0.25) is 0 Å². The van der Waals surface area contributed by atoms with Crippen LogP contribution in [0.4, 0.5) is 19.0 Å². The summed E-state index contributed by atoms with van der Waals surface area (Å²) in [7, 11) is 0. The van der Waals surface area contributed by atoms with Gasteiger partial charge in [0, 0.05) is 32.4 Å². The highest BCUT2D eigenvalue weighted by atomic mass is 19.4. The highest BCUT2D eigenvalue weighted by molar-refractivity contribution is 5.41. The number of hydrogen-bond donors (Lipinski definition) is 1. The summed E-state index contributed by atoms with van der Waals surface area (Å²) >= 11 is 0. The van der Waals surface area contributed by atoms with Crippen molar-refractivity contribution in [1.29, 1.82) is 0 Å². The number of halogens is 3. The first-order valence-corrected chi connectivity index (χ1v) is 6.03. The molecule has 2 aliphatic rings. The van der Waals surface area contributed by atoms with Gasteiger partial charge in [0.15, 0.2) is 0 Å². The Bertz CT molecular complexity index is 417. The Labute approximate surface area is 103 Å². The summed E-state index contributed by atoms with van der Waals surface area (Å²) in [6.45, 7) is 3.77. The largest absolute Gasteiger partial charge is 0.417 e. The van der Waals surface area contributed by atoms with E-state index in [0.717, 1.165) is 38.4 Å². The third-order valence-corrected chi connectivity index (χ3v) is 3.79. The molecule has 0 bridgehead atoms. The summed E-state index contributed by atoms with van der Waals surface area (Å²) in [6.07, 6.45) is -3.39. The summed E-state index contributed by atoms with van der Waals surface area (Å²) in [5.41, 5.74) is -0.688. The third kappa shape index (κ3) is 2.05. The number of rotatable bonds is 1. The van der Waals surface area contributed by atoms with Gasteiger partial charge < -0.3 is 10.2 Å². The number of nitrogens with zero attached hydrogens (tertiary/aromatic N) is 2. The van der Waals surface area contributed by atoms with E-state index in [1.54, 1.807) is 0 Å². The average Bonchev–Trinajstić information content (AvgIpc) is 2.88. The fraction of sp³-hybridized carbons (Fsp3) is 0.583. The van der Waals surface area contributed by atoms with E-state index in [2.05, 4.69) is 15.2 Å². The molecular formula is C12H14F3N3. The lowest BCUT2D eigenvalue weighted by Crippen LogP contribution is -2.26. The van der Waals surface area contributed by atoms with E-state index in [0.29, 0.717) is 17.7 Å². The summed E-state index contributed by atoms with van der Waals surface area (Å²) in [5, 5.41) is 3.33. The number of aromatic nitrogens is 1. The maximum Gasteiger partial charge on any atom is 0.417 e. The lowest BCUT2D eigenvalue weighted by atomic mass is 10.0. The van der Waals surface area contributed by atoms with Crippen molar-refractivity contribution in [2.45, 2.75) is 6.18 Å². The molecule has 1 aromatic heterocycles. The second-order valence-electron chi connectivity index (χ2n) is 4.99. The standard InChI is InChI=1S/C12H14F3N3/c13-12(14,15)10-1-2-11(17-5-10)18-6-8-3-16-4-9(8)7-18/h1-2,5,8-9,16H,3-4,6-7H2. The molecule has 1 N–H and O–H groups in total. The van der Waals surface area contributed by atoms with Crippen LogP contribution in [0.1, 0.15) is 5.56 Å². The minimum atomic E-state index is -4.31. The van der Waals surface area contributed by atoms with Crippen LogP contribution in [0.2, 0.25) is 0 Å². The van der Waals surface area contributed by atoms with Gasteiger partial charge in [-0.2, -0.15) is 13.2 Å². The smallest absolute Gasteiger partial charge is 0.356 e. The van der Waals surface area contributed by atoms with Gasteiger partial charge in [-0.25, -0.2) is 4.98 Å². The average molecular weight is 257 g/mol. The molecule has 0 saturated carbocycles.